The number of unbranched alkanes of at least 4 members (excludes halogenated alkanes) is 31. The molecule has 0 aromatic rings. The number of aliphatic hydroxyl groups is 1. The molecule has 0 aliphatic heterocycles. The third-order valence-electron chi connectivity index (χ3n) is 16.2. The minimum absolute atomic E-state index is 0.104. The van der Waals surface area contributed by atoms with Gasteiger partial charge in [0.15, 0.2) is 12.2 Å². The average molecular weight is 1300 g/mol. The van der Waals surface area contributed by atoms with Crippen molar-refractivity contribution < 1.29 is 80.2 Å². The fourth-order valence-electron chi connectivity index (χ4n) is 10.3. The van der Waals surface area contributed by atoms with Crippen LogP contribution in [0.3, 0.4) is 0 Å². The highest BCUT2D eigenvalue weighted by Crippen LogP contribution is 2.45. The lowest BCUT2D eigenvalue weighted by Crippen LogP contribution is -2.30. The van der Waals surface area contributed by atoms with E-state index in [2.05, 4.69) is 55.4 Å². The molecule has 6 atom stereocenters. The highest BCUT2D eigenvalue weighted by Gasteiger charge is 2.30. The van der Waals surface area contributed by atoms with Gasteiger partial charge in [-0.05, 0) is 49.4 Å². The number of rotatable bonds is 66. The quantitative estimate of drug-likeness (QED) is 0.0222. The van der Waals surface area contributed by atoms with Gasteiger partial charge >= 0.3 is 39.5 Å². The van der Waals surface area contributed by atoms with Crippen LogP contribution in [0.5, 0.6) is 0 Å². The monoisotopic (exact) mass is 1300 g/mol. The van der Waals surface area contributed by atoms with Gasteiger partial charge < -0.3 is 33.8 Å². The maximum atomic E-state index is 13.0. The Kier molecular flexibility index (Phi) is 57.6. The molecule has 0 radical (unpaired) electrons. The van der Waals surface area contributed by atoms with Crippen LogP contribution >= 0.6 is 15.6 Å². The smallest absolute Gasteiger partial charge is 0.462 e. The molecule has 0 rings (SSSR count). The van der Waals surface area contributed by atoms with Gasteiger partial charge in [0.25, 0.3) is 0 Å². The molecule has 0 saturated heterocycles. The average Bonchev–Trinajstić information content (AvgIpc) is 3.59. The lowest BCUT2D eigenvalue weighted by Gasteiger charge is -2.21. The van der Waals surface area contributed by atoms with E-state index in [1.807, 2.05) is 0 Å². The third kappa shape index (κ3) is 61.6. The molecule has 3 N–H and O–H groups in total. The second kappa shape index (κ2) is 58.8. The molecule has 0 bridgehead atoms. The molecule has 522 valence electrons. The number of aliphatic hydroxyl groups excluding tert-OH is 1. The fraction of sp³-hybridized carbons (Fsp3) is 0.942. The summed E-state index contributed by atoms with van der Waals surface area (Å²) in [5.41, 5.74) is 0. The van der Waals surface area contributed by atoms with E-state index in [-0.39, 0.29) is 25.7 Å². The van der Waals surface area contributed by atoms with E-state index in [1.54, 1.807) is 0 Å². The predicted molar refractivity (Wildman–Crippen MR) is 354 cm³/mol. The predicted octanol–water partition coefficient (Wildman–Crippen LogP) is 19.3. The summed E-state index contributed by atoms with van der Waals surface area (Å²) in [5, 5.41) is 10.6. The Bertz CT molecular complexity index is 1750. The second-order valence-corrected chi connectivity index (χ2v) is 29.5. The van der Waals surface area contributed by atoms with Gasteiger partial charge in [0.1, 0.15) is 19.3 Å². The lowest BCUT2D eigenvalue weighted by molar-refractivity contribution is -0.161. The van der Waals surface area contributed by atoms with E-state index in [9.17, 15) is 43.2 Å². The maximum absolute atomic E-state index is 13.0. The van der Waals surface area contributed by atoms with Crippen LogP contribution in [0.1, 0.15) is 338 Å². The van der Waals surface area contributed by atoms with Crippen LogP contribution in [-0.2, 0) is 65.4 Å². The first-order chi connectivity index (χ1) is 42.1. The third-order valence-corrected chi connectivity index (χ3v) is 18.1. The molecule has 0 aromatic heterocycles. The van der Waals surface area contributed by atoms with Gasteiger partial charge in [-0.15, -0.1) is 0 Å². The van der Waals surface area contributed by atoms with Crippen molar-refractivity contribution in [2.24, 2.45) is 23.7 Å². The van der Waals surface area contributed by atoms with Crippen molar-refractivity contribution in [1.82, 2.24) is 0 Å². The van der Waals surface area contributed by atoms with Crippen molar-refractivity contribution in [3.8, 4) is 0 Å². The number of phosphoric ester groups is 2. The first kappa shape index (κ1) is 86.1. The summed E-state index contributed by atoms with van der Waals surface area (Å²) in [6.07, 6.45) is 40.5. The van der Waals surface area contributed by atoms with Crippen molar-refractivity contribution in [1.29, 1.82) is 0 Å². The van der Waals surface area contributed by atoms with Crippen LogP contribution in [0.15, 0.2) is 0 Å². The number of carbonyl (C=O) groups is 4. The topological polar surface area (TPSA) is 237 Å². The first-order valence-electron chi connectivity index (χ1n) is 35.7. The van der Waals surface area contributed by atoms with Crippen molar-refractivity contribution >= 4 is 39.5 Å². The molecular weight excluding hydrogens is 1160 g/mol. The van der Waals surface area contributed by atoms with Crippen molar-refractivity contribution in [3.63, 3.8) is 0 Å². The second-order valence-electron chi connectivity index (χ2n) is 26.6. The van der Waals surface area contributed by atoms with Crippen LogP contribution in [-0.4, -0.2) is 96.7 Å². The van der Waals surface area contributed by atoms with E-state index in [1.165, 1.54) is 128 Å². The SMILES string of the molecule is CCC(C)CCCCCCCCC(=O)OC[C@H](COP(=O)(O)OC[C@@H](O)COP(=O)(O)OC[C@@H](COC(=O)CCCCCCCCC(C)C)OC(=O)CCCCCCCCCCCC(C)C)OC(=O)CCCCCCCCCCCCCCCCC(C)C. The van der Waals surface area contributed by atoms with Gasteiger partial charge in [-0.1, -0.05) is 287 Å². The molecule has 0 saturated carbocycles. The number of hydrogen-bond donors (Lipinski definition) is 3. The van der Waals surface area contributed by atoms with Crippen LogP contribution in [0.2, 0.25) is 0 Å². The van der Waals surface area contributed by atoms with Crippen molar-refractivity contribution in [3.05, 3.63) is 0 Å². The molecule has 3 unspecified atom stereocenters. The number of ether oxygens (including phenoxy) is 4. The number of phosphoric acid groups is 2. The van der Waals surface area contributed by atoms with Crippen molar-refractivity contribution in [2.45, 2.75) is 356 Å². The Morgan fingerprint density at radius 3 is 0.807 bits per heavy atom. The minimum atomic E-state index is -4.95. The summed E-state index contributed by atoms with van der Waals surface area (Å²) >= 11 is 0. The minimum Gasteiger partial charge on any atom is -0.462 e. The van der Waals surface area contributed by atoms with E-state index in [0.29, 0.717) is 31.6 Å². The largest absolute Gasteiger partial charge is 0.472 e. The zero-order chi connectivity index (χ0) is 65.4. The van der Waals surface area contributed by atoms with E-state index < -0.39 is 97.5 Å². The molecule has 0 heterocycles. The van der Waals surface area contributed by atoms with Gasteiger partial charge in [0, 0.05) is 25.7 Å². The van der Waals surface area contributed by atoms with E-state index in [4.69, 9.17) is 37.0 Å². The Morgan fingerprint density at radius 2 is 0.545 bits per heavy atom. The Labute approximate surface area is 537 Å². The van der Waals surface area contributed by atoms with Crippen molar-refractivity contribution in [2.75, 3.05) is 39.6 Å². The standard InChI is InChI=1S/C69H134O17P2/c1-9-62(8)48-40-32-26-28-34-42-50-67(72)80-56-65(85-68(73)51-43-35-23-19-15-13-11-10-12-14-17-21-29-37-45-59(2)3)58-84-88(77,78)82-54-63(70)53-81-87(75,76)83-57-64(55-79-66(71)49-41-33-27-25-31-39-47-61(6)7)86-69(74)52-44-36-24-20-16-18-22-30-38-46-60(4)5/h59-65,70H,9-58H2,1-8H3,(H,75,76)(H,77,78)/t62?,63-,64+,65+/m0/s1. The summed E-state index contributed by atoms with van der Waals surface area (Å²) in [5.74, 6) is 0.808. The molecule has 19 heteroatoms. The summed E-state index contributed by atoms with van der Waals surface area (Å²) in [6.45, 7) is 14.0. The van der Waals surface area contributed by atoms with Gasteiger partial charge in [-0.2, -0.15) is 0 Å². The Morgan fingerprint density at radius 1 is 0.318 bits per heavy atom. The Hall–Kier alpha value is -1.94. The number of hydrogen-bond acceptors (Lipinski definition) is 15. The van der Waals surface area contributed by atoms with E-state index in [0.717, 1.165) is 120 Å². The summed E-state index contributed by atoms with van der Waals surface area (Å²) in [7, 11) is -9.90. The number of carbonyl (C=O) groups excluding carboxylic acids is 4. The van der Waals surface area contributed by atoms with Gasteiger partial charge in [0.05, 0.1) is 26.4 Å². The molecule has 0 aromatic carbocycles. The fourth-order valence-corrected chi connectivity index (χ4v) is 11.9. The molecule has 0 amide bonds. The highest BCUT2D eigenvalue weighted by molar-refractivity contribution is 7.47. The molecular formula is C69H134O17P2. The van der Waals surface area contributed by atoms with Gasteiger partial charge in [-0.25, -0.2) is 9.13 Å². The van der Waals surface area contributed by atoms with Gasteiger partial charge in [0.2, 0.25) is 0 Å². The van der Waals surface area contributed by atoms with Crippen LogP contribution in [0.25, 0.3) is 0 Å². The summed E-state index contributed by atoms with van der Waals surface area (Å²) in [4.78, 5) is 72.4. The van der Waals surface area contributed by atoms with Crippen LogP contribution in [0, 0.1) is 23.7 Å². The highest BCUT2D eigenvalue weighted by atomic mass is 31.2. The maximum Gasteiger partial charge on any atom is 0.472 e. The molecule has 17 nitrogen and oxygen atoms in total. The molecule has 0 aliphatic carbocycles. The van der Waals surface area contributed by atoms with Crippen LogP contribution < -0.4 is 0 Å². The zero-order valence-electron chi connectivity index (χ0n) is 57.3. The van der Waals surface area contributed by atoms with Crippen LogP contribution in [0.4, 0.5) is 0 Å². The summed E-state index contributed by atoms with van der Waals surface area (Å²) < 4.78 is 68.2. The Balaban J connectivity index is 5.23. The number of esters is 4. The molecule has 0 aliphatic rings. The van der Waals surface area contributed by atoms with E-state index >= 15 is 0 Å². The molecule has 0 fully saturated rings. The molecule has 0 spiro atoms. The normalized spacial score (nSPS) is 14.6. The summed E-state index contributed by atoms with van der Waals surface area (Å²) in [6, 6.07) is 0. The zero-order valence-corrected chi connectivity index (χ0v) is 59.1. The molecule has 88 heavy (non-hydrogen) atoms. The lowest BCUT2D eigenvalue weighted by atomic mass is 10.00. The van der Waals surface area contributed by atoms with Gasteiger partial charge in [-0.3, -0.25) is 37.3 Å². The first-order valence-corrected chi connectivity index (χ1v) is 38.7.